The van der Waals surface area contributed by atoms with Crippen LogP contribution in [-0.4, -0.2) is 21.9 Å². The Bertz CT molecular complexity index is 658. The van der Waals surface area contributed by atoms with E-state index in [4.69, 9.17) is 11.6 Å². The number of carbonyl (C=O) groups excluding carboxylic acids is 1. The van der Waals surface area contributed by atoms with Gasteiger partial charge in [0.2, 0.25) is 5.91 Å². The van der Waals surface area contributed by atoms with Crippen molar-refractivity contribution in [2.24, 2.45) is 0 Å². The number of carbonyl (C=O) groups is 1. The zero-order chi connectivity index (χ0) is 14.1. The third kappa shape index (κ3) is 2.72. The van der Waals surface area contributed by atoms with Crippen LogP contribution in [0.25, 0.3) is 0 Å². The molecule has 0 spiro atoms. The van der Waals surface area contributed by atoms with Gasteiger partial charge in [-0.3, -0.25) is 10.1 Å². The fourth-order valence-corrected chi connectivity index (χ4v) is 2.89. The van der Waals surface area contributed by atoms with Crippen molar-refractivity contribution in [1.82, 2.24) is 15.3 Å². The molecule has 3 N–H and O–H groups in total. The van der Waals surface area contributed by atoms with Gasteiger partial charge in [0.05, 0.1) is 34.5 Å². The van der Waals surface area contributed by atoms with Gasteiger partial charge < -0.3 is 10.3 Å². The predicted molar refractivity (Wildman–Crippen MR) is 80.7 cm³/mol. The van der Waals surface area contributed by atoms with Crippen molar-refractivity contribution in [1.29, 1.82) is 0 Å². The summed E-state index contributed by atoms with van der Waals surface area (Å²) in [6.07, 6.45) is 2.22. The maximum absolute atomic E-state index is 12.3. The molecule has 0 fully saturated rings. The van der Waals surface area contributed by atoms with Gasteiger partial charge >= 0.3 is 0 Å². The summed E-state index contributed by atoms with van der Waals surface area (Å²) in [6.45, 7) is 0.613. The van der Waals surface area contributed by atoms with Crippen molar-refractivity contribution in [3.63, 3.8) is 0 Å². The maximum Gasteiger partial charge on any atom is 0.241 e. The van der Waals surface area contributed by atoms with Crippen molar-refractivity contribution < 1.29 is 4.79 Å². The number of fused-ring (bicyclic) bond motifs is 1. The van der Waals surface area contributed by atoms with E-state index in [1.165, 1.54) is 0 Å². The highest BCUT2D eigenvalue weighted by Gasteiger charge is 2.26. The predicted octanol–water partition coefficient (Wildman–Crippen LogP) is 2.48. The molecule has 7 heteroatoms. The van der Waals surface area contributed by atoms with Crippen molar-refractivity contribution in [2.45, 2.75) is 19.0 Å². The summed E-state index contributed by atoms with van der Waals surface area (Å²) in [7, 11) is 0. The van der Waals surface area contributed by atoms with Crippen molar-refractivity contribution in [3.8, 4) is 0 Å². The quantitative estimate of drug-likeness (QED) is 0.775. The fourth-order valence-electron chi connectivity index (χ4n) is 2.17. The number of imidazole rings is 1. The van der Waals surface area contributed by atoms with Crippen LogP contribution in [0.4, 0.5) is 5.69 Å². The Morgan fingerprint density at radius 1 is 1.50 bits per heavy atom. The second-order valence-electron chi connectivity index (χ2n) is 4.58. The first-order valence-corrected chi connectivity index (χ1v) is 7.31. The smallest absolute Gasteiger partial charge is 0.241 e. The maximum atomic E-state index is 12.3. The zero-order valence-corrected chi connectivity index (χ0v) is 12.8. The zero-order valence-electron chi connectivity index (χ0n) is 10.4. The number of anilines is 1. The normalized spacial score (nSPS) is 17.6. The van der Waals surface area contributed by atoms with Gasteiger partial charge in [0.1, 0.15) is 0 Å². The summed E-state index contributed by atoms with van der Waals surface area (Å²) in [5.41, 5.74) is 2.58. The summed E-state index contributed by atoms with van der Waals surface area (Å²) in [5, 5.41) is 6.52. The van der Waals surface area contributed by atoms with Crippen LogP contribution in [0.15, 0.2) is 29.0 Å². The molecule has 3 rings (SSSR count). The minimum Gasteiger partial charge on any atom is -0.347 e. The molecule has 0 radical (unpaired) electrons. The Kier molecular flexibility index (Phi) is 3.78. The van der Waals surface area contributed by atoms with E-state index in [0.717, 1.165) is 15.9 Å². The Morgan fingerprint density at radius 2 is 2.35 bits per heavy atom. The molecule has 1 aliphatic rings. The average Bonchev–Trinajstić information content (AvgIpc) is 2.89. The SMILES string of the molecule is O=C(Nc1ccc(Br)cc1Cl)C1Cc2nc[nH]c2CN1. The molecule has 20 heavy (non-hydrogen) atoms. The Labute approximate surface area is 129 Å². The summed E-state index contributed by atoms with van der Waals surface area (Å²) < 4.78 is 0.873. The van der Waals surface area contributed by atoms with E-state index < -0.39 is 0 Å². The number of hydrogen-bond donors (Lipinski definition) is 3. The Morgan fingerprint density at radius 3 is 3.15 bits per heavy atom. The van der Waals surface area contributed by atoms with E-state index >= 15 is 0 Å². The molecule has 1 aromatic carbocycles. The van der Waals surface area contributed by atoms with Gasteiger partial charge in [0.15, 0.2) is 0 Å². The first-order chi connectivity index (χ1) is 9.63. The number of halogens is 2. The molecule has 1 atom stereocenters. The van der Waals surface area contributed by atoms with E-state index in [9.17, 15) is 4.79 Å². The molecular weight excluding hydrogens is 344 g/mol. The number of nitrogens with one attached hydrogen (secondary N) is 3. The number of benzene rings is 1. The number of rotatable bonds is 2. The summed E-state index contributed by atoms with van der Waals surface area (Å²) in [6, 6.07) is 5.05. The number of aromatic amines is 1. The summed E-state index contributed by atoms with van der Waals surface area (Å²) >= 11 is 9.43. The van der Waals surface area contributed by atoms with Crippen molar-refractivity contribution in [3.05, 3.63) is 45.4 Å². The standard InChI is InChI=1S/C13H12BrClN4O/c14-7-1-2-9(8(15)3-7)19-13(20)11-4-10-12(5-16-11)18-6-17-10/h1-3,6,11,16H,4-5H2,(H,17,18)(H,19,20). The van der Waals surface area contributed by atoms with Crippen LogP contribution in [0.5, 0.6) is 0 Å². The molecule has 1 unspecified atom stereocenters. The third-order valence-corrected chi connectivity index (χ3v) is 4.04. The first kappa shape index (κ1) is 13.6. The number of amides is 1. The van der Waals surface area contributed by atoms with Gasteiger partial charge in [-0.2, -0.15) is 0 Å². The molecule has 0 aliphatic carbocycles. The van der Waals surface area contributed by atoms with E-state index in [2.05, 4.69) is 36.5 Å². The minimum atomic E-state index is -0.300. The van der Waals surface area contributed by atoms with Crippen LogP contribution in [0.2, 0.25) is 5.02 Å². The molecule has 5 nitrogen and oxygen atoms in total. The Balaban J connectivity index is 1.71. The third-order valence-electron chi connectivity index (χ3n) is 3.24. The van der Waals surface area contributed by atoms with Crippen LogP contribution in [0.1, 0.15) is 11.4 Å². The second kappa shape index (κ2) is 5.55. The van der Waals surface area contributed by atoms with Crippen LogP contribution >= 0.6 is 27.5 Å². The van der Waals surface area contributed by atoms with Gasteiger partial charge in [0.25, 0.3) is 0 Å². The highest BCUT2D eigenvalue weighted by atomic mass is 79.9. The van der Waals surface area contributed by atoms with Gasteiger partial charge in [-0.1, -0.05) is 27.5 Å². The Hall–Kier alpha value is -1.37. The van der Waals surface area contributed by atoms with Gasteiger partial charge in [-0.05, 0) is 18.2 Å². The molecule has 0 saturated heterocycles. The minimum absolute atomic E-state index is 0.108. The molecule has 1 aromatic heterocycles. The van der Waals surface area contributed by atoms with Crippen LogP contribution in [0, 0.1) is 0 Å². The largest absolute Gasteiger partial charge is 0.347 e. The van der Waals surface area contributed by atoms with Gasteiger partial charge in [0, 0.05) is 17.4 Å². The molecule has 2 heterocycles. The number of aromatic nitrogens is 2. The second-order valence-corrected chi connectivity index (χ2v) is 5.90. The lowest BCUT2D eigenvalue weighted by atomic mass is 10.0. The van der Waals surface area contributed by atoms with Crippen molar-refractivity contribution >= 4 is 39.1 Å². The number of nitrogens with zero attached hydrogens (tertiary/aromatic N) is 1. The molecule has 1 amide bonds. The topological polar surface area (TPSA) is 69.8 Å². The molecule has 2 aromatic rings. The van der Waals surface area contributed by atoms with Crippen molar-refractivity contribution in [2.75, 3.05) is 5.32 Å². The first-order valence-electron chi connectivity index (χ1n) is 6.14. The summed E-state index contributed by atoms with van der Waals surface area (Å²) in [5.74, 6) is -0.108. The lowest BCUT2D eigenvalue weighted by Gasteiger charge is -2.22. The molecular formula is C13H12BrClN4O. The lowest BCUT2D eigenvalue weighted by molar-refractivity contribution is -0.118. The number of hydrogen-bond acceptors (Lipinski definition) is 3. The summed E-state index contributed by atoms with van der Waals surface area (Å²) in [4.78, 5) is 19.5. The van der Waals surface area contributed by atoms with Gasteiger partial charge in [-0.25, -0.2) is 4.98 Å². The van der Waals surface area contributed by atoms with E-state index in [0.29, 0.717) is 23.7 Å². The fraction of sp³-hybridized carbons (Fsp3) is 0.231. The van der Waals surface area contributed by atoms with Crippen LogP contribution in [-0.2, 0) is 17.8 Å². The molecule has 0 saturated carbocycles. The van der Waals surface area contributed by atoms with E-state index in [-0.39, 0.29) is 11.9 Å². The van der Waals surface area contributed by atoms with Gasteiger partial charge in [-0.15, -0.1) is 0 Å². The highest BCUT2D eigenvalue weighted by molar-refractivity contribution is 9.10. The molecule has 1 aliphatic heterocycles. The molecule has 104 valence electrons. The highest BCUT2D eigenvalue weighted by Crippen LogP contribution is 2.26. The average molecular weight is 356 g/mol. The monoisotopic (exact) mass is 354 g/mol. The van der Waals surface area contributed by atoms with E-state index in [1.54, 1.807) is 18.5 Å². The van der Waals surface area contributed by atoms with Crippen LogP contribution < -0.4 is 10.6 Å². The van der Waals surface area contributed by atoms with E-state index in [1.807, 2.05) is 6.07 Å². The van der Waals surface area contributed by atoms with Crippen LogP contribution in [0.3, 0.4) is 0 Å². The molecule has 0 bridgehead atoms. The number of H-pyrrole nitrogens is 1. The lowest BCUT2D eigenvalue weighted by Crippen LogP contribution is -2.44.